The number of ether oxygens (including phenoxy) is 1. The van der Waals surface area contributed by atoms with Gasteiger partial charge in [0.2, 0.25) is 5.91 Å². The molecule has 3 N–H and O–H groups in total. The van der Waals surface area contributed by atoms with Crippen LogP contribution in [0.1, 0.15) is 37.7 Å². The number of nitrogens with two attached hydrogens (primary N) is 1. The summed E-state index contributed by atoms with van der Waals surface area (Å²) in [4.78, 5) is 17.2. The highest BCUT2D eigenvalue weighted by molar-refractivity contribution is 6.30. The minimum absolute atomic E-state index is 0.0190. The van der Waals surface area contributed by atoms with Crippen molar-refractivity contribution in [2.45, 2.75) is 62.5 Å². The average Bonchev–Trinajstić information content (AvgIpc) is 3.46. The number of nitrogen functional groups attached to an aromatic ring is 1. The van der Waals surface area contributed by atoms with Crippen LogP contribution in [0.2, 0.25) is 5.02 Å². The van der Waals surface area contributed by atoms with Crippen LogP contribution in [0.3, 0.4) is 0 Å². The molecule has 5 rings (SSSR count). The van der Waals surface area contributed by atoms with E-state index in [1.807, 2.05) is 29.2 Å². The van der Waals surface area contributed by atoms with E-state index in [2.05, 4.69) is 10.2 Å². The van der Waals surface area contributed by atoms with Gasteiger partial charge in [-0.1, -0.05) is 11.6 Å². The highest BCUT2D eigenvalue weighted by atomic mass is 35.5. The number of hydrogen-bond donors (Lipinski definition) is 2. The molecule has 2 atom stereocenters. The molecular weight excluding hydrogens is 493 g/mol. The Bertz CT molecular complexity index is 1090. The topological polar surface area (TPSA) is 70.8 Å². The zero-order valence-corrected chi connectivity index (χ0v) is 20.6. The van der Waals surface area contributed by atoms with Crippen molar-refractivity contribution in [3.8, 4) is 0 Å². The minimum Gasteiger partial charge on any atom is -0.398 e. The predicted molar refractivity (Wildman–Crippen MR) is 134 cm³/mol. The Morgan fingerprint density at radius 1 is 1.06 bits per heavy atom. The van der Waals surface area contributed by atoms with E-state index in [0.717, 1.165) is 50.4 Å². The van der Waals surface area contributed by atoms with Gasteiger partial charge in [-0.25, -0.2) is 0 Å². The van der Waals surface area contributed by atoms with Gasteiger partial charge >= 0.3 is 6.18 Å². The molecule has 1 saturated carbocycles. The second-order valence-electron chi connectivity index (χ2n) is 9.95. The number of anilines is 3. The largest absolute Gasteiger partial charge is 0.418 e. The molecule has 2 aromatic carbocycles. The summed E-state index contributed by atoms with van der Waals surface area (Å²) >= 11 is 6.00. The SMILES string of the molecule is Nc1ccc(NC2CCC(OCC(=O)N3CC4CC3CN4c3ccc(Cl)cc3)CC2)cc1C(F)(F)F. The molecule has 2 bridgehead atoms. The molecule has 2 aliphatic heterocycles. The predicted octanol–water partition coefficient (Wildman–Crippen LogP) is 5.17. The number of halogens is 4. The zero-order chi connectivity index (χ0) is 25.4. The third kappa shape index (κ3) is 5.37. The summed E-state index contributed by atoms with van der Waals surface area (Å²) in [5.74, 6) is 0.0278. The first-order chi connectivity index (χ1) is 17.2. The summed E-state index contributed by atoms with van der Waals surface area (Å²) in [6.07, 6.45) is -0.515. The first-order valence-electron chi connectivity index (χ1n) is 12.3. The molecule has 36 heavy (non-hydrogen) atoms. The molecule has 2 heterocycles. The smallest absolute Gasteiger partial charge is 0.398 e. The standard InChI is InChI=1S/C26H30ClF3N4O2/c27-16-1-6-19(7-2-16)33-13-21-12-20(33)14-34(21)25(35)15-36-22-8-3-17(4-9-22)32-18-5-10-24(31)23(11-18)26(28,29)30/h1-2,5-7,10-11,17,20-22,32H,3-4,8-9,12-15,31H2. The highest BCUT2D eigenvalue weighted by Gasteiger charge is 2.45. The highest BCUT2D eigenvalue weighted by Crippen LogP contribution is 2.37. The Morgan fingerprint density at radius 3 is 2.42 bits per heavy atom. The number of amides is 1. The first kappa shape index (κ1) is 25.0. The van der Waals surface area contributed by atoms with Crippen molar-refractivity contribution in [1.82, 2.24) is 4.90 Å². The van der Waals surface area contributed by atoms with Crippen molar-refractivity contribution >= 4 is 34.6 Å². The van der Waals surface area contributed by atoms with Crippen LogP contribution in [0.15, 0.2) is 42.5 Å². The normalized spacial score (nSPS) is 25.9. The number of nitrogens with zero attached hydrogens (tertiary/aromatic N) is 2. The number of benzene rings is 2. The van der Waals surface area contributed by atoms with Gasteiger partial charge in [0.05, 0.1) is 17.7 Å². The lowest BCUT2D eigenvalue weighted by atomic mass is 9.92. The fraction of sp³-hybridized carbons (Fsp3) is 0.500. The van der Waals surface area contributed by atoms with Gasteiger partial charge in [0.15, 0.2) is 0 Å². The van der Waals surface area contributed by atoms with Crippen molar-refractivity contribution in [2.24, 2.45) is 0 Å². The van der Waals surface area contributed by atoms with Gasteiger partial charge < -0.3 is 25.6 Å². The number of fused-ring (bicyclic) bond motifs is 2. The van der Waals surface area contributed by atoms with E-state index >= 15 is 0 Å². The second kappa shape index (κ2) is 10.0. The molecule has 10 heteroatoms. The fourth-order valence-corrected chi connectivity index (χ4v) is 5.82. The van der Waals surface area contributed by atoms with E-state index in [9.17, 15) is 18.0 Å². The van der Waals surface area contributed by atoms with E-state index in [0.29, 0.717) is 23.3 Å². The first-order valence-corrected chi connectivity index (χ1v) is 12.7. The third-order valence-corrected chi connectivity index (χ3v) is 7.82. The lowest BCUT2D eigenvalue weighted by molar-refractivity contribution is -0.140. The number of rotatable bonds is 6. The van der Waals surface area contributed by atoms with Crippen LogP contribution in [-0.2, 0) is 15.7 Å². The Morgan fingerprint density at radius 2 is 1.78 bits per heavy atom. The van der Waals surface area contributed by atoms with Crippen LogP contribution in [-0.4, -0.2) is 54.7 Å². The van der Waals surface area contributed by atoms with Gasteiger partial charge in [-0.15, -0.1) is 0 Å². The quantitative estimate of drug-likeness (QED) is 0.512. The van der Waals surface area contributed by atoms with E-state index < -0.39 is 11.7 Å². The van der Waals surface area contributed by atoms with Gasteiger partial charge in [-0.3, -0.25) is 4.79 Å². The lowest BCUT2D eigenvalue weighted by Gasteiger charge is -2.36. The van der Waals surface area contributed by atoms with Crippen LogP contribution in [0.4, 0.5) is 30.2 Å². The molecular formula is C26H30ClF3N4O2. The molecule has 0 spiro atoms. The molecule has 0 radical (unpaired) electrons. The summed E-state index contributed by atoms with van der Waals surface area (Å²) in [7, 11) is 0. The third-order valence-electron chi connectivity index (χ3n) is 7.57. The van der Waals surface area contributed by atoms with E-state index in [1.165, 1.54) is 6.07 Å². The van der Waals surface area contributed by atoms with Gasteiger partial charge in [0, 0.05) is 47.3 Å². The number of nitrogens with one attached hydrogen (secondary N) is 1. The number of hydrogen-bond acceptors (Lipinski definition) is 5. The van der Waals surface area contributed by atoms with Crippen molar-refractivity contribution in [3.63, 3.8) is 0 Å². The van der Waals surface area contributed by atoms with Crippen LogP contribution in [0, 0.1) is 0 Å². The zero-order valence-electron chi connectivity index (χ0n) is 19.8. The molecule has 1 aliphatic carbocycles. The number of carbonyl (C=O) groups is 1. The molecule has 0 aromatic heterocycles. The minimum atomic E-state index is -4.48. The van der Waals surface area contributed by atoms with E-state index in [1.54, 1.807) is 6.07 Å². The number of piperazine rings is 1. The fourth-order valence-electron chi connectivity index (χ4n) is 5.69. The van der Waals surface area contributed by atoms with Crippen molar-refractivity contribution in [1.29, 1.82) is 0 Å². The van der Waals surface area contributed by atoms with Crippen molar-refractivity contribution < 1.29 is 22.7 Å². The maximum atomic E-state index is 13.1. The second-order valence-corrected chi connectivity index (χ2v) is 10.4. The van der Waals surface area contributed by atoms with Crippen LogP contribution in [0.5, 0.6) is 0 Å². The molecule has 194 valence electrons. The molecule has 3 fully saturated rings. The van der Waals surface area contributed by atoms with Crippen molar-refractivity contribution in [2.75, 3.05) is 35.6 Å². The molecule has 2 saturated heterocycles. The summed E-state index contributed by atoms with van der Waals surface area (Å²) in [5.41, 5.74) is 5.93. The van der Waals surface area contributed by atoms with Crippen LogP contribution >= 0.6 is 11.6 Å². The molecule has 3 aliphatic rings. The Kier molecular flexibility index (Phi) is 6.96. The lowest BCUT2D eigenvalue weighted by Crippen LogP contribution is -2.50. The molecule has 2 aromatic rings. The summed E-state index contributed by atoms with van der Waals surface area (Å²) in [5, 5.41) is 3.90. The van der Waals surface area contributed by atoms with Gasteiger partial charge in [-0.2, -0.15) is 13.2 Å². The summed E-state index contributed by atoms with van der Waals surface area (Å²) < 4.78 is 45.3. The number of likely N-dealkylation sites (tertiary alicyclic amines) is 1. The van der Waals surface area contributed by atoms with Gasteiger partial charge in [0.1, 0.15) is 6.61 Å². The van der Waals surface area contributed by atoms with Gasteiger partial charge in [-0.05, 0) is 74.6 Å². The number of alkyl halides is 3. The van der Waals surface area contributed by atoms with Gasteiger partial charge in [0.25, 0.3) is 0 Å². The monoisotopic (exact) mass is 522 g/mol. The molecule has 1 amide bonds. The summed E-state index contributed by atoms with van der Waals surface area (Å²) in [6.45, 7) is 1.59. The Labute approximate surface area is 213 Å². The number of carbonyl (C=O) groups excluding carboxylic acids is 1. The molecule has 6 nitrogen and oxygen atoms in total. The van der Waals surface area contributed by atoms with Crippen LogP contribution < -0.4 is 16.0 Å². The summed E-state index contributed by atoms with van der Waals surface area (Å²) in [6, 6.07) is 12.3. The van der Waals surface area contributed by atoms with E-state index in [-0.39, 0.29) is 36.4 Å². The average molecular weight is 523 g/mol. The maximum Gasteiger partial charge on any atom is 0.418 e. The molecule has 2 unspecified atom stereocenters. The Balaban J connectivity index is 1.06. The van der Waals surface area contributed by atoms with Crippen molar-refractivity contribution in [3.05, 3.63) is 53.1 Å². The van der Waals surface area contributed by atoms with Crippen LogP contribution in [0.25, 0.3) is 0 Å². The van der Waals surface area contributed by atoms with E-state index in [4.69, 9.17) is 22.1 Å². The maximum absolute atomic E-state index is 13.1. The Hall–Kier alpha value is -2.65.